The van der Waals surface area contributed by atoms with Crippen molar-refractivity contribution in [2.24, 2.45) is 0 Å². The minimum atomic E-state index is -0.375. The quantitative estimate of drug-likeness (QED) is 0.351. The van der Waals surface area contributed by atoms with E-state index in [0.29, 0.717) is 12.1 Å². The Morgan fingerprint density at radius 3 is 2.25 bits per heavy atom. The van der Waals surface area contributed by atoms with Crippen LogP contribution in [-0.4, -0.2) is 42.5 Å². The number of carbonyl (C=O) groups is 2. The molecule has 0 radical (unpaired) electrons. The molecule has 0 bridgehead atoms. The van der Waals surface area contributed by atoms with Crippen LogP contribution < -0.4 is 5.32 Å². The van der Waals surface area contributed by atoms with Crippen molar-refractivity contribution in [1.82, 2.24) is 10.2 Å². The molecule has 1 saturated heterocycles. The summed E-state index contributed by atoms with van der Waals surface area (Å²) in [7, 11) is 1.66. The molecule has 0 aromatic heterocycles. The van der Waals surface area contributed by atoms with Gasteiger partial charge in [-0.1, -0.05) is 76.9 Å². The molecule has 0 aromatic rings. The van der Waals surface area contributed by atoms with Crippen molar-refractivity contribution >= 4 is 11.8 Å². The number of hydrogen-bond donors (Lipinski definition) is 1. The number of methoxy groups -OCH3 is 1. The molecule has 0 aromatic carbocycles. The average Bonchev–Trinajstić information content (AvgIpc) is 2.99. The van der Waals surface area contributed by atoms with Crippen LogP contribution in [0.5, 0.6) is 0 Å². The lowest BCUT2D eigenvalue weighted by Crippen LogP contribution is -2.38. The minimum absolute atomic E-state index is 0.0295. The maximum Gasteiger partial charge on any atom is 0.251 e. The summed E-state index contributed by atoms with van der Waals surface area (Å²) in [6.07, 6.45) is 19.6. The maximum absolute atomic E-state index is 12.6. The number of rotatable bonds is 14. The summed E-state index contributed by atoms with van der Waals surface area (Å²) in [6, 6.07) is -0.375. The molecule has 5 heteroatoms. The number of hydrogen-bond acceptors (Lipinski definition) is 4. The van der Waals surface area contributed by atoms with Crippen LogP contribution in [0.15, 0.2) is 23.9 Å². The zero-order chi connectivity index (χ0) is 20.2. The highest BCUT2D eigenvalue weighted by molar-refractivity contribution is 6.07. The van der Waals surface area contributed by atoms with Crippen LogP contribution >= 0.6 is 0 Å². The Morgan fingerprint density at radius 1 is 1.04 bits per heavy atom. The molecule has 1 fully saturated rings. The SMILES string of the molecule is CCCCCCCCCCCCNC1CC(=O)N(C2=CCC(OC)C=C2)C1=O. The van der Waals surface area contributed by atoms with Crippen molar-refractivity contribution in [2.75, 3.05) is 13.7 Å². The van der Waals surface area contributed by atoms with Crippen LogP contribution in [0, 0.1) is 0 Å². The van der Waals surface area contributed by atoms with Crippen molar-refractivity contribution in [1.29, 1.82) is 0 Å². The third-order valence-corrected chi connectivity index (χ3v) is 5.67. The molecule has 1 aliphatic carbocycles. The molecule has 2 rings (SSSR count). The van der Waals surface area contributed by atoms with E-state index in [2.05, 4.69) is 12.2 Å². The lowest BCUT2D eigenvalue weighted by Gasteiger charge is -2.21. The van der Waals surface area contributed by atoms with Gasteiger partial charge in [0.25, 0.3) is 5.91 Å². The second-order valence-corrected chi connectivity index (χ2v) is 7.96. The minimum Gasteiger partial charge on any atom is -0.377 e. The van der Waals surface area contributed by atoms with Gasteiger partial charge in [0.1, 0.15) is 0 Å². The molecular formula is C23H38N2O3. The molecule has 2 unspecified atom stereocenters. The Labute approximate surface area is 170 Å². The average molecular weight is 391 g/mol. The fraction of sp³-hybridized carbons (Fsp3) is 0.739. The van der Waals surface area contributed by atoms with Crippen molar-refractivity contribution in [3.8, 4) is 0 Å². The smallest absolute Gasteiger partial charge is 0.251 e. The van der Waals surface area contributed by atoms with E-state index in [1.807, 2.05) is 18.2 Å². The molecule has 5 nitrogen and oxygen atoms in total. The third kappa shape index (κ3) is 7.17. The maximum atomic E-state index is 12.6. The van der Waals surface area contributed by atoms with E-state index in [9.17, 15) is 9.59 Å². The van der Waals surface area contributed by atoms with Crippen LogP contribution in [0.1, 0.15) is 84.0 Å². The first-order chi connectivity index (χ1) is 13.7. The molecule has 1 N–H and O–H groups in total. The first-order valence-corrected chi connectivity index (χ1v) is 11.2. The third-order valence-electron chi connectivity index (χ3n) is 5.67. The molecule has 0 spiro atoms. The van der Waals surface area contributed by atoms with E-state index in [1.54, 1.807) is 7.11 Å². The molecule has 2 amide bonds. The van der Waals surface area contributed by atoms with Gasteiger partial charge in [0.15, 0.2) is 0 Å². The molecular weight excluding hydrogens is 352 g/mol. The number of amides is 2. The highest BCUT2D eigenvalue weighted by Gasteiger charge is 2.39. The van der Waals surface area contributed by atoms with Crippen LogP contribution in [0.25, 0.3) is 0 Å². The van der Waals surface area contributed by atoms with E-state index in [1.165, 1.54) is 62.7 Å². The molecule has 2 atom stereocenters. The van der Waals surface area contributed by atoms with Crippen molar-refractivity contribution < 1.29 is 14.3 Å². The molecule has 1 heterocycles. The van der Waals surface area contributed by atoms with Gasteiger partial charge in [-0.2, -0.15) is 0 Å². The number of allylic oxidation sites excluding steroid dienone is 1. The van der Waals surface area contributed by atoms with Crippen LogP contribution in [0.3, 0.4) is 0 Å². The largest absolute Gasteiger partial charge is 0.377 e. The summed E-state index contributed by atoms with van der Waals surface area (Å²) in [5.41, 5.74) is 0.687. The standard InChI is InChI=1S/C23H38N2O3/c1-3-4-5-6-7-8-9-10-11-12-17-24-21-18-22(26)25(23(21)27)19-13-15-20(28-2)16-14-19/h13-15,20-21,24H,3-12,16-18H2,1-2H3. The second-order valence-electron chi connectivity index (χ2n) is 7.96. The number of ether oxygens (including phenoxy) is 1. The van der Waals surface area contributed by atoms with E-state index in [0.717, 1.165) is 13.0 Å². The fourth-order valence-electron chi connectivity index (χ4n) is 3.88. The summed E-state index contributed by atoms with van der Waals surface area (Å²) in [5.74, 6) is -0.235. The van der Waals surface area contributed by atoms with Gasteiger partial charge in [0.2, 0.25) is 5.91 Å². The van der Waals surface area contributed by atoms with Crippen LogP contribution in [0.4, 0.5) is 0 Å². The zero-order valence-electron chi connectivity index (χ0n) is 17.8. The van der Waals surface area contributed by atoms with Crippen molar-refractivity contribution in [2.45, 2.75) is 96.1 Å². The number of unbranched alkanes of at least 4 members (excludes halogenated alkanes) is 9. The van der Waals surface area contributed by atoms with Gasteiger partial charge in [-0.3, -0.25) is 9.59 Å². The Hall–Kier alpha value is -1.46. The lowest BCUT2D eigenvalue weighted by atomic mass is 10.1. The summed E-state index contributed by atoms with van der Waals surface area (Å²) in [4.78, 5) is 26.3. The molecule has 1 aliphatic heterocycles. The predicted octanol–water partition coefficient (Wildman–Crippen LogP) is 4.48. The van der Waals surface area contributed by atoms with Gasteiger partial charge >= 0.3 is 0 Å². The summed E-state index contributed by atoms with van der Waals surface area (Å²) >= 11 is 0. The monoisotopic (exact) mass is 390 g/mol. The second kappa shape index (κ2) is 12.9. The fourth-order valence-corrected chi connectivity index (χ4v) is 3.88. The Morgan fingerprint density at radius 2 is 1.68 bits per heavy atom. The Balaban J connectivity index is 1.58. The van der Waals surface area contributed by atoms with E-state index in [4.69, 9.17) is 4.74 Å². The number of nitrogens with zero attached hydrogens (tertiary/aromatic N) is 1. The lowest BCUT2D eigenvalue weighted by molar-refractivity contribution is -0.136. The summed E-state index contributed by atoms with van der Waals surface area (Å²) < 4.78 is 5.27. The van der Waals surface area contributed by atoms with Crippen molar-refractivity contribution in [3.05, 3.63) is 23.9 Å². The highest BCUT2D eigenvalue weighted by Crippen LogP contribution is 2.23. The van der Waals surface area contributed by atoms with Gasteiger partial charge in [-0.05, 0) is 25.5 Å². The number of carbonyl (C=O) groups excluding carboxylic acids is 2. The normalized spacial score (nSPS) is 22.2. The van der Waals surface area contributed by atoms with Gasteiger partial charge < -0.3 is 10.1 Å². The number of nitrogens with one attached hydrogen (secondary N) is 1. The van der Waals surface area contributed by atoms with Crippen LogP contribution in [-0.2, 0) is 14.3 Å². The van der Waals surface area contributed by atoms with Gasteiger partial charge in [0.05, 0.1) is 18.6 Å². The van der Waals surface area contributed by atoms with Crippen molar-refractivity contribution in [3.63, 3.8) is 0 Å². The molecule has 158 valence electrons. The first kappa shape index (κ1) is 22.8. The first-order valence-electron chi connectivity index (χ1n) is 11.2. The van der Waals surface area contributed by atoms with E-state index in [-0.39, 0.29) is 30.4 Å². The van der Waals surface area contributed by atoms with Crippen LogP contribution in [0.2, 0.25) is 0 Å². The summed E-state index contributed by atoms with van der Waals surface area (Å²) in [5, 5.41) is 3.29. The van der Waals surface area contributed by atoms with E-state index < -0.39 is 0 Å². The Bertz CT molecular complexity index is 556. The molecule has 28 heavy (non-hydrogen) atoms. The molecule has 2 aliphatic rings. The molecule has 0 saturated carbocycles. The van der Waals surface area contributed by atoms with Gasteiger partial charge in [-0.15, -0.1) is 0 Å². The number of likely N-dealkylation sites (tertiary alicyclic amines) is 1. The van der Waals surface area contributed by atoms with Gasteiger partial charge in [-0.25, -0.2) is 4.90 Å². The predicted molar refractivity (Wildman–Crippen MR) is 113 cm³/mol. The Kier molecular flexibility index (Phi) is 10.5. The highest BCUT2D eigenvalue weighted by atomic mass is 16.5. The summed E-state index contributed by atoms with van der Waals surface area (Å²) in [6.45, 7) is 3.05. The topological polar surface area (TPSA) is 58.6 Å². The number of imide groups is 1. The van der Waals surface area contributed by atoms with Gasteiger partial charge in [0, 0.05) is 12.8 Å². The zero-order valence-corrected chi connectivity index (χ0v) is 17.8. The van der Waals surface area contributed by atoms with E-state index >= 15 is 0 Å².